The smallest absolute Gasteiger partial charge is 0.124 e. The molecular formula is C18H22BrNO. The molecule has 21 heavy (non-hydrogen) atoms. The largest absolute Gasteiger partial charge is 0.489 e. The Bertz CT molecular complexity index is 627. The molecule has 0 aliphatic carbocycles. The summed E-state index contributed by atoms with van der Waals surface area (Å²) in [5.41, 5.74) is 12.1. The van der Waals surface area contributed by atoms with Crippen LogP contribution in [0.15, 0.2) is 34.8 Å². The maximum Gasteiger partial charge on any atom is 0.124 e. The van der Waals surface area contributed by atoms with Crippen LogP contribution in [0.4, 0.5) is 0 Å². The Kier molecular flexibility index (Phi) is 5.07. The van der Waals surface area contributed by atoms with Crippen LogP contribution in [-0.4, -0.2) is 0 Å². The van der Waals surface area contributed by atoms with Gasteiger partial charge in [-0.3, -0.25) is 0 Å². The van der Waals surface area contributed by atoms with Gasteiger partial charge in [0, 0.05) is 16.1 Å². The molecule has 1 unspecified atom stereocenters. The number of halogens is 1. The average Bonchev–Trinajstić information content (AvgIpc) is 2.38. The van der Waals surface area contributed by atoms with Gasteiger partial charge in [-0.05, 0) is 62.6 Å². The van der Waals surface area contributed by atoms with Crippen LogP contribution >= 0.6 is 15.9 Å². The molecule has 3 heteroatoms. The second-order valence-corrected chi connectivity index (χ2v) is 6.55. The van der Waals surface area contributed by atoms with Crippen LogP contribution in [0.1, 0.15) is 40.8 Å². The summed E-state index contributed by atoms with van der Waals surface area (Å²) in [5, 5.41) is 0. The molecule has 0 aliphatic rings. The van der Waals surface area contributed by atoms with Crippen LogP contribution in [0, 0.1) is 20.8 Å². The van der Waals surface area contributed by atoms with Gasteiger partial charge in [0.05, 0.1) is 0 Å². The fourth-order valence-corrected chi connectivity index (χ4v) is 2.97. The van der Waals surface area contributed by atoms with Crippen molar-refractivity contribution in [2.45, 2.75) is 40.3 Å². The molecule has 0 saturated heterocycles. The molecule has 0 fully saturated rings. The lowest BCUT2D eigenvalue weighted by atomic mass is 10.0. The molecule has 2 N–H and O–H groups in total. The first kappa shape index (κ1) is 16.1. The van der Waals surface area contributed by atoms with Crippen molar-refractivity contribution in [3.8, 4) is 5.75 Å². The highest BCUT2D eigenvalue weighted by molar-refractivity contribution is 9.10. The van der Waals surface area contributed by atoms with Gasteiger partial charge in [-0.15, -0.1) is 0 Å². The predicted molar refractivity (Wildman–Crippen MR) is 91.7 cm³/mol. The van der Waals surface area contributed by atoms with E-state index < -0.39 is 0 Å². The van der Waals surface area contributed by atoms with Crippen molar-refractivity contribution in [2.24, 2.45) is 5.73 Å². The summed E-state index contributed by atoms with van der Waals surface area (Å²) in [7, 11) is 0. The van der Waals surface area contributed by atoms with Gasteiger partial charge < -0.3 is 10.5 Å². The summed E-state index contributed by atoms with van der Waals surface area (Å²) in [6.07, 6.45) is 0. The standard InChI is InChI=1S/C18H22BrNO/c1-11-7-12(2)17(13(3)8-11)10-21-18-6-5-15(19)9-16(18)14(4)20/h5-9,14H,10,20H2,1-4H3. The first-order chi connectivity index (χ1) is 9.88. The van der Waals surface area contributed by atoms with E-state index in [9.17, 15) is 0 Å². The zero-order valence-electron chi connectivity index (χ0n) is 13.0. The molecule has 0 aromatic heterocycles. The average molecular weight is 348 g/mol. The molecule has 0 radical (unpaired) electrons. The molecule has 0 bridgehead atoms. The third-order valence-corrected chi connectivity index (χ3v) is 4.17. The van der Waals surface area contributed by atoms with E-state index in [0.29, 0.717) is 6.61 Å². The van der Waals surface area contributed by atoms with E-state index in [1.165, 1.54) is 22.3 Å². The number of nitrogens with two attached hydrogens (primary N) is 1. The lowest BCUT2D eigenvalue weighted by molar-refractivity contribution is 0.300. The monoisotopic (exact) mass is 347 g/mol. The molecule has 2 rings (SSSR count). The number of aryl methyl sites for hydroxylation is 3. The third-order valence-electron chi connectivity index (χ3n) is 3.67. The summed E-state index contributed by atoms with van der Waals surface area (Å²) in [6, 6.07) is 10.3. The summed E-state index contributed by atoms with van der Waals surface area (Å²) in [5.74, 6) is 0.854. The Hall–Kier alpha value is -1.32. The van der Waals surface area contributed by atoms with Gasteiger partial charge in [0.15, 0.2) is 0 Å². The van der Waals surface area contributed by atoms with Crippen molar-refractivity contribution in [3.63, 3.8) is 0 Å². The molecule has 1 atom stereocenters. The van der Waals surface area contributed by atoms with Gasteiger partial charge in [0.2, 0.25) is 0 Å². The van der Waals surface area contributed by atoms with Gasteiger partial charge in [0.25, 0.3) is 0 Å². The van der Waals surface area contributed by atoms with Crippen LogP contribution in [0.3, 0.4) is 0 Å². The highest BCUT2D eigenvalue weighted by Crippen LogP contribution is 2.29. The quantitative estimate of drug-likeness (QED) is 0.846. The molecule has 0 saturated carbocycles. The van der Waals surface area contributed by atoms with Crippen LogP contribution < -0.4 is 10.5 Å². The van der Waals surface area contributed by atoms with Crippen molar-refractivity contribution in [3.05, 3.63) is 62.6 Å². The minimum atomic E-state index is -0.0577. The predicted octanol–water partition coefficient (Wildman–Crippen LogP) is 4.97. The lowest BCUT2D eigenvalue weighted by Crippen LogP contribution is -2.09. The Morgan fingerprint density at radius 3 is 2.29 bits per heavy atom. The first-order valence-corrected chi connectivity index (χ1v) is 7.92. The number of hydrogen-bond donors (Lipinski definition) is 1. The normalized spacial score (nSPS) is 12.3. The van der Waals surface area contributed by atoms with Crippen molar-refractivity contribution < 1.29 is 4.74 Å². The third kappa shape index (κ3) is 3.86. The molecule has 112 valence electrons. The topological polar surface area (TPSA) is 35.2 Å². The van der Waals surface area contributed by atoms with Gasteiger partial charge in [0.1, 0.15) is 12.4 Å². The molecule has 2 aromatic carbocycles. The van der Waals surface area contributed by atoms with E-state index in [-0.39, 0.29) is 6.04 Å². The minimum absolute atomic E-state index is 0.0577. The van der Waals surface area contributed by atoms with Crippen LogP contribution in [0.25, 0.3) is 0 Å². The van der Waals surface area contributed by atoms with E-state index >= 15 is 0 Å². The second kappa shape index (κ2) is 6.63. The summed E-state index contributed by atoms with van der Waals surface area (Å²) >= 11 is 3.48. The van der Waals surface area contributed by atoms with Crippen molar-refractivity contribution >= 4 is 15.9 Å². The highest BCUT2D eigenvalue weighted by Gasteiger charge is 2.11. The Morgan fingerprint density at radius 1 is 1.10 bits per heavy atom. The number of rotatable bonds is 4. The Balaban J connectivity index is 2.25. The van der Waals surface area contributed by atoms with Crippen LogP contribution in [0.2, 0.25) is 0 Å². The SMILES string of the molecule is Cc1cc(C)c(COc2ccc(Br)cc2C(C)N)c(C)c1. The first-order valence-electron chi connectivity index (χ1n) is 7.13. The lowest BCUT2D eigenvalue weighted by Gasteiger charge is -2.17. The Labute approximate surface area is 135 Å². The van der Waals surface area contributed by atoms with Gasteiger partial charge in [-0.2, -0.15) is 0 Å². The summed E-state index contributed by atoms with van der Waals surface area (Å²) in [4.78, 5) is 0. The van der Waals surface area contributed by atoms with Gasteiger partial charge in [-0.1, -0.05) is 33.6 Å². The number of ether oxygens (including phenoxy) is 1. The summed E-state index contributed by atoms with van der Waals surface area (Å²) < 4.78 is 7.06. The second-order valence-electron chi connectivity index (χ2n) is 5.64. The van der Waals surface area contributed by atoms with E-state index in [0.717, 1.165) is 15.8 Å². The number of hydrogen-bond acceptors (Lipinski definition) is 2. The fourth-order valence-electron chi connectivity index (χ4n) is 2.59. The van der Waals surface area contributed by atoms with E-state index in [4.69, 9.17) is 10.5 Å². The van der Waals surface area contributed by atoms with Crippen LogP contribution in [0.5, 0.6) is 5.75 Å². The zero-order chi connectivity index (χ0) is 15.6. The summed E-state index contributed by atoms with van der Waals surface area (Å²) in [6.45, 7) is 8.92. The van der Waals surface area contributed by atoms with Crippen molar-refractivity contribution in [2.75, 3.05) is 0 Å². The maximum absolute atomic E-state index is 6.04. The van der Waals surface area contributed by atoms with Crippen molar-refractivity contribution in [1.82, 2.24) is 0 Å². The van der Waals surface area contributed by atoms with E-state index in [2.05, 4.69) is 48.8 Å². The molecule has 0 heterocycles. The van der Waals surface area contributed by atoms with E-state index in [1.54, 1.807) is 0 Å². The molecule has 0 spiro atoms. The molecular weight excluding hydrogens is 326 g/mol. The zero-order valence-corrected chi connectivity index (χ0v) is 14.6. The molecule has 2 aromatic rings. The highest BCUT2D eigenvalue weighted by atomic mass is 79.9. The minimum Gasteiger partial charge on any atom is -0.489 e. The molecule has 0 amide bonds. The molecule has 2 nitrogen and oxygen atoms in total. The van der Waals surface area contributed by atoms with Gasteiger partial charge in [-0.25, -0.2) is 0 Å². The maximum atomic E-state index is 6.04. The Morgan fingerprint density at radius 2 is 1.71 bits per heavy atom. The molecule has 0 aliphatic heterocycles. The number of benzene rings is 2. The van der Waals surface area contributed by atoms with Crippen LogP contribution in [-0.2, 0) is 6.61 Å². The van der Waals surface area contributed by atoms with Gasteiger partial charge >= 0.3 is 0 Å². The van der Waals surface area contributed by atoms with E-state index in [1.807, 2.05) is 25.1 Å². The van der Waals surface area contributed by atoms with Crippen molar-refractivity contribution in [1.29, 1.82) is 0 Å². The fraction of sp³-hybridized carbons (Fsp3) is 0.333.